The minimum atomic E-state index is -4.19. The molecule has 6 heteroatoms. The first kappa shape index (κ1) is 8.66. The van der Waals surface area contributed by atoms with Gasteiger partial charge in [-0.05, 0) is 12.1 Å². The van der Waals surface area contributed by atoms with Crippen LogP contribution in [0.15, 0.2) is 34.9 Å². The highest BCUT2D eigenvalue weighted by Crippen LogP contribution is 2.11. The highest BCUT2D eigenvalue weighted by atomic mass is 32.2. The van der Waals surface area contributed by atoms with E-state index in [-0.39, 0.29) is 5.75 Å². The number of benzene rings is 1. The molecule has 0 aliphatic rings. The molecule has 0 bridgehead atoms. The SMILES string of the molecule is [N-]=NS(=O)(=O)Oc1ccccc1. The van der Waals surface area contributed by atoms with Crippen LogP contribution >= 0.6 is 0 Å². The van der Waals surface area contributed by atoms with Crippen LogP contribution in [0.1, 0.15) is 0 Å². The van der Waals surface area contributed by atoms with Crippen LogP contribution in [0, 0.1) is 0 Å². The summed E-state index contributed by atoms with van der Waals surface area (Å²) in [7, 11) is -4.19. The third-order valence-corrected chi connectivity index (χ3v) is 1.65. The number of para-hydroxylation sites is 1. The molecular weight excluding hydrogens is 180 g/mol. The Labute approximate surface area is 69.8 Å². The van der Waals surface area contributed by atoms with Gasteiger partial charge in [0.2, 0.25) is 0 Å². The first-order chi connectivity index (χ1) is 5.64. The van der Waals surface area contributed by atoms with E-state index in [9.17, 15) is 8.42 Å². The van der Waals surface area contributed by atoms with Gasteiger partial charge in [0, 0.05) is 0 Å². The minimum Gasteiger partial charge on any atom is -0.692 e. The first-order valence-corrected chi connectivity index (χ1v) is 4.36. The lowest BCUT2D eigenvalue weighted by Gasteiger charge is -2.02. The average molecular weight is 185 g/mol. The Morgan fingerprint density at radius 3 is 2.33 bits per heavy atom. The molecule has 0 atom stereocenters. The van der Waals surface area contributed by atoms with Crippen molar-refractivity contribution in [2.24, 2.45) is 4.52 Å². The Kier molecular flexibility index (Phi) is 2.39. The fraction of sp³-hybridized carbons (Fsp3) is 0. The van der Waals surface area contributed by atoms with Gasteiger partial charge in [-0.1, -0.05) is 18.2 Å². The normalized spacial score (nSPS) is 10.7. The van der Waals surface area contributed by atoms with Crippen molar-refractivity contribution in [2.75, 3.05) is 0 Å². The second kappa shape index (κ2) is 3.31. The van der Waals surface area contributed by atoms with E-state index in [1.54, 1.807) is 18.2 Å². The lowest BCUT2D eigenvalue weighted by atomic mass is 10.3. The average Bonchev–Trinajstić information content (AvgIpc) is 2.06. The quantitative estimate of drug-likeness (QED) is 0.666. The Morgan fingerprint density at radius 2 is 1.83 bits per heavy atom. The van der Waals surface area contributed by atoms with Crippen molar-refractivity contribution in [3.05, 3.63) is 35.9 Å². The van der Waals surface area contributed by atoms with Gasteiger partial charge in [-0.15, -0.1) is 0 Å². The van der Waals surface area contributed by atoms with E-state index in [4.69, 9.17) is 5.53 Å². The summed E-state index contributed by atoms with van der Waals surface area (Å²) >= 11 is 0. The summed E-state index contributed by atoms with van der Waals surface area (Å²) in [5.41, 5.74) is 7.97. The monoisotopic (exact) mass is 185 g/mol. The zero-order chi connectivity index (χ0) is 9.03. The predicted molar refractivity (Wildman–Crippen MR) is 41.8 cm³/mol. The van der Waals surface area contributed by atoms with Crippen molar-refractivity contribution >= 4 is 10.3 Å². The van der Waals surface area contributed by atoms with Gasteiger partial charge in [0.1, 0.15) is 5.75 Å². The van der Waals surface area contributed by atoms with Crippen LogP contribution in [-0.4, -0.2) is 8.42 Å². The molecule has 0 radical (unpaired) electrons. The van der Waals surface area contributed by atoms with E-state index >= 15 is 0 Å². The second-order valence-corrected chi connectivity index (χ2v) is 3.09. The maximum atomic E-state index is 10.5. The molecule has 0 spiro atoms. The molecule has 0 saturated carbocycles. The highest BCUT2D eigenvalue weighted by molar-refractivity contribution is 7.85. The topological polar surface area (TPSA) is 78.0 Å². The van der Waals surface area contributed by atoms with Gasteiger partial charge in [0.15, 0.2) is 0 Å². The predicted octanol–water partition coefficient (Wildman–Crippen LogP) is 1.33. The summed E-state index contributed by atoms with van der Waals surface area (Å²) in [6.07, 6.45) is 0. The fourth-order valence-electron chi connectivity index (χ4n) is 0.614. The fourth-order valence-corrected chi connectivity index (χ4v) is 1.00. The Hall–Kier alpha value is -1.43. The molecule has 1 aromatic rings. The Bertz CT molecular complexity index is 360. The van der Waals surface area contributed by atoms with Gasteiger partial charge in [0.05, 0.1) is 0 Å². The third-order valence-electron chi connectivity index (χ3n) is 1.04. The zero-order valence-electron chi connectivity index (χ0n) is 5.91. The molecule has 0 fully saturated rings. The molecule has 1 rings (SSSR count). The standard InChI is InChI=1S/C6H5N2O3S/c7-8-12(9,10)11-6-4-2-1-3-5-6/h1-5H/q-1. The van der Waals surface area contributed by atoms with Gasteiger partial charge >= 0.3 is 10.3 Å². The Morgan fingerprint density at radius 1 is 1.25 bits per heavy atom. The maximum absolute atomic E-state index is 10.5. The molecule has 5 nitrogen and oxygen atoms in total. The van der Waals surface area contributed by atoms with Crippen molar-refractivity contribution < 1.29 is 12.6 Å². The van der Waals surface area contributed by atoms with Crippen LogP contribution < -0.4 is 4.18 Å². The van der Waals surface area contributed by atoms with Crippen LogP contribution in [0.4, 0.5) is 0 Å². The van der Waals surface area contributed by atoms with Crippen molar-refractivity contribution in [1.82, 2.24) is 0 Å². The van der Waals surface area contributed by atoms with E-state index in [2.05, 4.69) is 8.70 Å². The van der Waals surface area contributed by atoms with E-state index in [1.807, 2.05) is 0 Å². The molecule has 0 saturated heterocycles. The van der Waals surface area contributed by atoms with Crippen molar-refractivity contribution in [2.45, 2.75) is 0 Å². The summed E-state index contributed by atoms with van der Waals surface area (Å²) in [4.78, 5) is 0. The summed E-state index contributed by atoms with van der Waals surface area (Å²) < 4.78 is 27.4. The van der Waals surface area contributed by atoms with E-state index in [0.717, 1.165) is 0 Å². The zero-order valence-corrected chi connectivity index (χ0v) is 6.73. The third kappa shape index (κ3) is 2.31. The number of hydrogen-bond donors (Lipinski definition) is 0. The number of nitrogens with zero attached hydrogens (tertiary/aromatic N) is 2. The van der Waals surface area contributed by atoms with Gasteiger partial charge in [-0.2, -0.15) is 8.42 Å². The van der Waals surface area contributed by atoms with Crippen LogP contribution in [0.2, 0.25) is 0 Å². The smallest absolute Gasteiger partial charge is 0.409 e. The van der Waals surface area contributed by atoms with Crippen molar-refractivity contribution in [3.8, 4) is 5.75 Å². The maximum Gasteiger partial charge on any atom is 0.409 e. The molecular formula is C6H5N2O3S-. The van der Waals surface area contributed by atoms with Crippen molar-refractivity contribution in [3.63, 3.8) is 0 Å². The summed E-state index contributed by atoms with van der Waals surface area (Å²) in [6.45, 7) is 0. The summed E-state index contributed by atoms with van der Waals surface area (Å²) in [5, 5.41) is 0. The molecule has 0 heterocycles. The molecule has 0 N–H and O–H groups in total. The van der Waals surface area contributed by atoms with Crippen LogP contribution in [0.25, 0.3) is 5.53 Å². The van der Waals surface area contributed by atoms with E-state index in [1.165, 1.54) is 12.1 Å². The molecule has 0 aliphatic heterocycles. The summed E-state index contributed by atoms with van der Waals surface area (Å²) in [6, 6.07) is 7.77. The molecule has 0 aliphatic carbocycles. The molecule has 1 aromatic carbocycles. The minimum absolute atomic E-state index is 0.107. The van der Waals surface area contributed by atoms with Gasteiger partial charge < -0.3 is 9.71 Å². The second-order valence-electron chi connectivity index (χ2n) is 1.91. The van der Waals surface area contributed by atoms with Crippen LogP contribution in [0.5, 0.6) is 5.75 Å². The van der Waals surface area contributed by atoms with Crippen LogP contribution in [-0.2, 0) is 10.3 Å². The summed E-state index contributed by atoms with van der Waals surface area (Å²) in [5.74, 6) is 0.107. The van der Waals surface area contributed by atoms with Gasteiger partial charge in [-0.25, -0.2) is 0 Å². The van der Waals surface area contributed by atoms with Gasteiger partial charge in [0.25, 0.3) is 0 Å². The lowest BCUT2D eigenvalue weighted by molar-refractivity contribution is 0.487. The molecule has 64 valence electrons. The molecule has 12 heavy (non-hydrogen) atoms. The largest absolute Gasteiger partial charge is 0.692 e. The van der Waals surface area contributed by atoms with Gasteiger partial charge in [-0.3, -0.25) is 4.52 Å². The first-order valence-electron chi connectivity index (χ1n) is 3.00. The molecule has 0 amide bonds. The number of hydrogen-bond acceptors (Lipinski definition) is 3. The Balaban J connectivity index is 2.85. The lowest BCUT2D eigenvalue weighted by Crippen LogP contribution is -2.03. The van der Waals surface area contributed by atoms with Crippen LogP contribution in [0.3, 0.4) is 0 Å². The van der Waals surface area contributed by atoms with Crippen molar-refractivity contribution in [1.29, 1.82) is 0 Å². The molecule has 0 aromatic heterocycles. The van der Waals surface area contributed by atoms with E-state index < -0.39 is 10.3 Å². The van der Waals surface area contributed by atoms with E-state index in [0.29, 0.717) is 0 Å². The number of rotatable bonds is 3. The molecule has 0 unspecified atom stereocenters. The highest BCUT2D eigenvalue weighted by Gasteiger charge is 2.04.